The third-order valence-electron chi connectivity index (χ3n) is 3.77. The number of hydrogen-bond acceptors (Lipinski definition) is 4. The first-order chi connectivity index (χ1) is 9.56. The standard InChI is InChI=1S/C13H21N5O2/c1-4-9(3)12-13(20)17(7-11(19)16-12)6-10-14-8-15-18(10)5-2/h8-9,12H,4-7H2,1-3H3,(H,16,19). The van der Waals surface area contributed by atoms with Gasteiger partial charge in [-0.25, -0.2) is 9.67 Å². The Morgan fingerprint density at radius 2 is 2.20 bits per heavy atom. The van der Waals surface area contributed by atoms with E-state index in [2.05, 4.69) is 15.4 Å². The summed E-state index contributed by atoms with van der Waals surface area (Å²) in [7, 11) is 0. The molecule has 1 aromatic heterocycles. The molecule has 7 nitrogen and oxygen atoms in total. The minimum absolute atomic E-state index is 0.0374. The van der Waals surface area contributed by atoms with Crippen LogP contribution >= 0.6 is 0 Å². The molecule has 110 valence electrons. The van der Waals surface area contributed by atoms with Gasteiger partial charge in [0.25, 0.3) is 0 Å². The Morgan fingerprint density at radius 3 is 2.85 bits per heavy atom. The maximum atomic E-state index is 12.5. The SMILES string of the molecule is CCC(C)C1NC(=O)CN(Cc2ncnn2CC)C1=O. The van der Waals surface area contributed by atoms with Crippen LogP contribution in [0, 0.1) is 5.92 Å². The first-order valence-corrected chi connectivity index (χ1v) is 7.01. The van der Waals surface area contributed by atoms with Crippen LogP contribution in [-0.4, -0.2) is 44.1 Å². The van der Waals surface area contributed by atoms with E-state index in [4.69, 9.17) is 0 Å². The number of amides is 2. The summed E-state index contributed by atoms with van der Waals surface area (Å²) < 4.78 is 1.73. The summed E-state index contributed by atoms with van der Waals surface area (Å²) in [4.78, 5) is 30.0. The van der Waals surface area contributed by atoms with Gasteiger partial charge in [-0.3, -0.25) is 9.59 Å². The Morgan fingerprint density at radius 1 is 1.45 bits per heavy atom. The lowest BCUT2D eigenvalue weighted by atomic mass is 9.96. The van der Waals surface area contributed by atoms with Crippen molar-refractivity contribution >= 4 is 11.8 Å². The minimum atomic E-state index is -0.431. The molecule has 2 unspecified atom stereocenters. The number of hydrogen-bond donors (Lipinski definition) is 1. The molecule has 0 saturated carbocycles. The zero-order chi connectivity index (χ0) is 14.7. The molecule has 20 heavy (non-hydrogen) atoms. The maximum Gasteiger partial charge on any atom is 0.246 e. The monoisotopic (exact) mass is 279 g/mol. The van der Waals surface area contributed by atoms with Crippen LogP contribution in [0.3, 0.4) is 0 Å². The molecule has 1 aliphatic rings. The van der Waals surface area contributed by atoms with Crippen LogP contribution in [0.1, 0.15) is 33.0 Å². The fraction of sp³-hybridized carbons (Fsp3) is 0.692. The Hall–Kier alpha value is -1.92. The van der Waals surface area contributed by atoms with Crippen LogP contribution in [0.25, 0.3) is 0 Å². The first kappa shape index (κ1) is 14.5. The number of carbonyl (C=O) groups excluding carboxylic acids is 2. The second-order valence-electron chi connectivity index (χ2n) is 5.12. The molecule has 2 heterocycles. The molecule has 1 aromatic rings. The van der Waals surface area contributed by atoms with Crippen molar-refractivity contribution in [3.63, 3.8) is 0 Å². The number of aryl methyl sites for hydroxylation is 1. The molecular formula is C13H21N5O2. The molecule has 0 bridgehead atoms. The van der Waals surface area contributed by atoms with Crippen molar-refractivity contribution in [2.75, 3.05) is 6.54 Å². The predicted octanol–water partition coefficient (Wildman–Crippen LogP) is 0.171. The lowest BCUT2D eigenvalue weighted by Crippen LogP contribution is -2.59. The number of carbonyl (C=O) groups is 2. The highest BCUT2D eigenvalue weighted by molar-refractivity contribution is 5.94. The second-order valence-corrected chi connectivity index (χ2v) is 5.12. The summed E-state index contributed by atoms with van der Waals surface area (Å²) in [6.45, 7) is 7.05. The van der Waals surface area contributed by atoms with Crippen molar-refractivity contribution in [3.8, 4) is 0 Å². The summed E-state index contributed by atoms with van der Waals surface area (Å²) in [5.74, 6) is 0.679. The number of aromatic nitrogens is 3. The summed E-state index contributed by atoms with van der Waals surface area (Å²) >= 11 is 0. The summed E-state index contributed by atoms with van der Waals surface area (Å²) in [6.07, 6.45) is 2.31. The van der Waals surface area contributed by atoms with Crippen LogP contribution in [0.4, 0.5) is 0 Å². The molecule has 7 heteroatoms. The van der Waals surface area contributed by atoms with Gasteiger partial charge in [-0.15, -0.1) is 0 Å². The number of rotatable bonds is 5. The summed E-state index contributed by atoms with van der Waals surface area (Å²) in [5, 5.41) is 6.86. The highest BCUT2D eigenvalue weighted by Gasteiger charge is 2.35. The van der Waals surface area contributed by atoms with Crippen LogP contribution in [0.15, 0.2) is 6.33 Å². The van der Waals surface area contributed by atoms with E-state index in [1.807, 2.05) is 20.8 Å². The van der Waals surface area contributed by atoms with Crippen molar-refractivity contribution in [3.05, 3.63) is 12.2 Å². The Kier molecular flexibility index (Phi) is 4.36. The molecule has 1 saturated heterocycles. The van der Waals surface area contributed by atoms with E-state index in [9.17, 15) is 9.59 Å². The third-order valence-corrected chi connectivity index (χ3v) is 3.77. The molecule has 1 fully saturated rings. The molecule has 1 aliphatic heterocycles. The van der Waals surface area contributed by atoms with Crippen molar-refractivity contribution < 1.29 is 9.59 Å². The van der Waals surface area contributed by atoms with Gasteiger partial charge >= 0.3 is 0 Å². The van der Waals surface area contributed by atoms with E-state index in [0.717, 1.165) is 6.42 Å². The highest BCUT2D eigenvalue weighted by Crippen LogP contribution is 2.15. The molecule has 2 amide bonds. The molecule has 2 atom stereocenters. The summed E-state index contributed by atoms with van der Waals surface area (Å²) in [6, 6.07) is -0.431. The van der Waals surface area contributed by atoms with Crippen LogP contribution < -0.4 is 5.32 Å². The topological polar surface area (TPSA) is 80.1 Å². The highest BCUT2D eigenvalue weighted by atomic mass is 16.2. The second kappa shape index (κ2) is 6.02. The van der Waals surface area contributed by atoms with Crippen molar-refractivity contribution in [1.29, 1.82) is 0 Å². The van der Waals surface area contributed by atoms with Gasteiger partial charge in [-0.1, -0.05) is 20.3 Å². The molecule has 2 rings (SSSR count). The first-order valence-electron chi connectivity index (χ1n) is 7.01. The van der Waals surface area contributed by atoms with Crippen LogP contribution in [0.2, 0.25) is 0 Å². The van der Waals surface area contributed by atoms with Gasteiger partial charge < -0.3 is 10.2 Å². The minimum Gasteiger partial charge on any atom is -0.342 e. The fourth-order valence-corrected chi connectivity index (χ4v) is 2.33. The van der Waals surface area contributed by atoms with E-state index in [-0.39, 0.29) is 24.3 Å². The average Bonchev–Trinajstić information content (AvgIpc) is 2.88. The lowest BCUT2D eigenvalue weighted by Gasteiger charge is -2.34. The lowest BCUT2D eigenvalue weighted by molar-refractivity contribution is -0.146. The third kappa shape index (κ3) is 2.81. The zero-order valence-electron chi connectivity index (χ0n) is 12.2. The normalized spacial score (nSPS) is 20.9. The Balaban J connectivity index is 2.14. The number of nitrogens with zero attached hydrogens (tertiary/aromatic N) is 4. The molecule has 0 spiro atoms. The van der Waals surface area contributed by atoms with E-state index < -0.39 is 6.04 Å². The van der Waals surface area contributed by atoms with Gasteiger partial charge in [0.15, 0.2) is 0 Å². The zero-order valence-corrected chi connectivity index (χ0v) is 12.2. The maximum absolute atomic E-state index is 12.5. The summed E-state index contributed by atoms with van der Waals surface area (Å²) in [5.41, 5.74) is 0. The van der Waals surface area contributed by atoms with Gasteiger partial charge in [0.1, 0.15) is 24.7 Å². The van der Waals surface area contributed by atoms with E-state index >= 15 is 0 Å². The van der Waals surface area contributed by atoms with Gasteiger partial charge in [-0.05, 0) is 12.8 Å². The number of piperazine rings is 1. The van der Waals surface area contributed by atoms with Crippen molar-refractivity contribution in [1.82, 2.24) is 25.0 Å². The van der Waals surface area contributed by atoms with Gasteiger partial charge in [0.2, 0.25) is 11.8 Å². The molecule has 0 aliphatic carbocycles. The average molecular weight is 279 g/mol. The van der Waals surface area contributed by atoms with Gasteiger partial charge in [0.05, 0.1) is 6.54 Å². The molecule has 0 aromatic carbocycles. The van der Waals surface area contributed by atoms with E-state index in [0.29, 0.717) is 18.9 Å². The van der Waals surface area contributed by atoms with Gasteiger partial charge in [0, 0.05) is 6.54 Å². The van der Waals surface area contributed by atoms with Crippen LogP contribution in [-0.2, 0) is 22.7 Å². The predicted molar refractivity (Wildman–Crippen MR) is 72.5 cm³/mol. The molecular weight excluding hydrogens is 258 g/mol. The van der Waals surface area contributed by atoms with Gasteiger partial charge in [-0.2, -0.15) is 5.10 Å². The Labute approximate surface area is 118 Å². The molecule has 0 radical (unpaired) electrons. The fourth-order valence-electron chi connectivity index (χ4n) is 2.33. The van der Waals surface area contributed by atoms with Crippen molar-refractivity contribution in [2.24, 2.45) is 5.92 Å². The largest absolute Gasteiger partial charge is 0.342 e. The van der Waals surface area contributed by atoms with E-state index in [1.54, 1.807) is 9.58 Å². The Bertz CT molecular complexity index is 499. The quantitative estimate of drug-likeness (QED) is 0.833. The smallest absolute Gasteiger partial charge is 0.246 e. The van der Waals surface area contributed by atoms with Crippen molar-refractivity contribution in [2.45, 2.75) is 46.3 Å². The molecule has 1 N–H and O–H groups in total. The number of nitrogens with one attached hydrogen (secondary N) is 1. The van der Waals surface area contributed by atoms with Crippen LogP contribution in [0.5, 0.6) is 0 Å². The van der Waals surface area contributed by atoms with E-state index in [1.165, 1.54) is 6.33 Å².